The van der Waals surface area contributed by atoms with Crippen LogP contribution in [-0.2, 0) is 4.74 Å². The van der Waals surface area contributed by atoms with Crippen LogP contribution in [0.25, 0.3) is 0 Å². The molecular formula is C10H14ClN3O2. The maximum absolute atomic E-state index is 11.3. The summed E-state index contributed by atoms with van der Waals surface area (Å²) in [4.78, 5) is 15.1. The molecule has 2 N–H and O–H groups in total. The van der Waals surface area contributed by atoms with Gasteiger partial charge in [-0.15, -0.1) is 0 Å². The molecule has 0 fully saturated rings. The van der Waals surface area contributed by atoms with Crippen LogP contribution in [0.4, 0.5) is 10.5 Å². The van der Waals surface area contributed by atoms with Crippen LogP contribution in [0.1, 0.15) is 20.8 Å². The number of rotatable bonds is 2. The molecule has 1 aromatic rings. The van der Waals surface area contributed by atoms with E-state index in [2.05, 4.69) is 15.8 Å². The van der Waals surface area contributed by atoms with Crippen molar-refractivity contribution in [1.82, 2.24) is 10.4 Å². The van der Waals surface area contributed by atoms with Gasteiger partial charge in [0.1, 0.15) is 10.8 Å². The molecule has 6 heteroatoms. The molecule has 0 aromatic carbocycles. The first-order chi connectivity index (χ1) is 7.37. The van der Waals surface area contributed by atoms with Crippen LogP contribution in [0.5, 0.6) is 0 Å². The van der Waals surface area contributed by atoms with Gasteiger partial charge in [-0.3, -0.25) is 5.43 Å². The van der Waals surface area contributed by atoms with Crippen molar-refractivity contribution < 1.29 is 9.53 Å². The third kappa shape index (κ3) is 4.84. The average Bonchev–Trinajstić information content (AvgIpc) is 2.14. The number of aromatic nitrogens is 1. The van der Waals surface area contributed by atoms with Gasteiger partial charge < -0.3 is 4.74 Å². The maximum atomic E-state index is 11.3. The summed E-state index contributed by atoms with van der Waals surface area (Å²) in [6.07, 6.45) is 0.946. The van der Waals surface area contributed by atoms with Gasteiger partial charge in [0, 0.05) is 0 Å². The summed E-state index contributed by atoms with van der Waals surface area (Å²) in [5, 5.41) is 0.391. The van der Waals surface area contributed by atoms with Gasteiger partial charge in [-0.2, -0.15) is 0 Å². The summed E-state index contributed by atoms with van der Waals surface area (Å²) >= 11 is 5.61. The van der Waals surface area contributed by atoms with E-state index >= 15 is 0 Å². The summed E-state index contributed by atoms with van der Waals surface area (Å²) in [5.41, 5.74) is 5.13. The highest BCUT2D eigenvalue weighted by molar-refractivity contribution is 6.29. The number of hydrogen-bond donors (Lipinski definition) is 2. The molecule has 1 rings (SSSR count). The molecule has 16 heavy (non-hydrogen) atoms. The van der Waals surface area contributed by atoms with E-state index in [0.29, 0.717) is 10.8 Å². The molecule has 0 saturated carbocycles. The van der Waals surface area contributed by atoms with Gasteiger partial charge in [0.25, 0.3) is 0 Å². The normalized spacial score (nSPS) is 10.8. The molecular weight excluding hydrogens is 230 g/mol. The van der Waals surface area contributed by atoms with Gasteiger partial charge in [-0.05, 0) is 32.9 Å². The fourth-order valence-electron chi connectivity index (χ4n) is 0.877. The fourth-order valence-corrected chi connectivity index (χ4v) is 0.988. The van der Waals surface area contributed by atoms with Crippen molar-refractivity contribution in [1.29, 1.82) is 0 Å². The zero-order valence-corrected chi connectivity index (χ0v) is 10.1. The second-order valence-electron chi connectivity index (χ2n) is 4.12. The van der Waals surface area contributed by atoms with Crippen LogP contribution >= 0.6 is 11.6 Å². The highest BCUT2D eigenvalue weighted by Crippen LogP contribution is 2.09. The molecule has 0 bridgehead atoms. The number of nitrogens with zero attached hydrogens (tertiary/aromatic N) is 1. The smallest absolute Gasteiger partial charge is 0.426 e. The molecule has 0 spiro atoms. The van der Waals surface area contributed by atoms with Gasteiger partial charge in [-0.25, -0.2) is 15.2 Å². The quantitative estimate of drug-likeness (QED) is 0.619. The van der Waals surface area contributed by atoms with E-state index in [1.54, 1.807) is 32.9 Å². The number of carbonyl (C=O) groups is 1. The Balaban J connectivity index is 2.40. The molecule has 0 aliphatic carbocycles. The number of hydrazine groups is 1. The molecule has 0 atom stereocenters. The predicted molar refractivity (Wildman–Crippen MR) is 62.2 cm³/mol. The number of ether oxygens (including phenoxy) is 1. The largest absolute Gasteiger partial charge is 0.443 e. The van der Waals surface area contributed by atoms with E-state index in [0.717, 1.165) is 0 Å². The van der Waals surface area contributed by atoms with Gasteiger partial charge in [0.2, 0.25) is 0 Å². The van der Waals surface area contributed by atoms with E-state index in [9.17, 15) is 4.79 Å². The third-order valence-electron chi connectivity index (χ3n) is 1.44. The second kappa shape index (κ2) is 5.03. The number of hydrogen-bond acceptors (Lipinski definition) is 4. The van der Waals surface area contributed by atoms with Crippen molar-refractivity contribution >= 4 is 23.4 Å². The number of nitrogens with one attached hydrogen (secondary N) is 2. The zero-order valence-electron chi connectivity index (χ0n) is 9.37. The maximum Gasteiger partial charge on any atom is 0.426 e. The lowest BCUT2D eigenvalue weighted by Gasteiger charge is -2.19. The zero-order chi connectivity index (χ0) is 12.2. The topological polar surface area (TPSA) is 63.2 Å². The van der Waals surface area contributed by atoms with E-state index in [1.165, 1.54) is 6.20 Å². The standard InChI is InChI=1S/C10H14ClN3O2/c1-10(2,3)16-9(15)14-13-7-4-5-8(11)12-6-7/h4-6,13H,1-3H3,(H,14,15). The van der Waals surface area contributed by atoms with Crippen molar-refractivity contribution in [2.45, 2.75) is 26.4 Å². The molecule has 1 heterocycles. The molecule has 0 radical (unpaired) electrons. The lowest BCUT2D eigenvalue weighted by Crippen LogP contribution is -2.35. The summed E-state index contributed by atoms with van der Waals surface area (Å²) in [7, 11) is 0. The van der Waals surface area contributed by atoms with Gasteiger partial charge >= 0.3 is 6.09 Å². The SMILES string of the molecule is CC(C)(C)OC(=O)NNc1ccc(Cl)nc1. The first-order valence-corrected chi connectivity index (χ1v) is 5.11. The fraction of sp³-hybridized carbons (Fsp3) is 0.400. The number of halogens is 1. The average molecular weight is 244 g/mol. The van der Waals surface area contributed by atoms with Crippen LogP contribution in [0.3, 0.4) is 0 Å². The van der Waals surface area contributed by atoms with Crippen molar-refractivity contribution in [3.8, 4) is 0 Å². The van der Waals surface area contributed by atoms with Crippen molar-refractivity contribution in [3.63, 3.8) is 0 Å². The van der Waals surface area contributed by atoms with Crippen LogP contribution < -0.4 is 10.9 Å². The Morgan fingerprint density at radius 2 is 2.12 bits per heavy atom. The van der Waals surface area contributed by atoms with Crippen molar-refractivity contribution in [2.75, 3.05) is 5.43 Å². The van der Waals surface area contributed by atoms with Crippen LogP contribution in [0.2, 0.25) is 5.15 Å². The van der Waals surface area contributed by atoms with Crippen LogP contribution in [-0.4, -0.2) is 16.7 Å². The first-order valence-electron chi connectivity index (χ1n) is 4.73. The monoisotopic (exact) mass is 243 g/mol. The summed E-state index contributed by atoms with van der Waals surface area (Å²) < 4.78 is 5.02. The Hall–Kier alpha value is -1.49. The third-order valence-corrected chi connectivity index (χ3v) is 1.66. The van der Waals surface area contributed by atoms with E-state index < -0.39 is 11.7 Å². The van der Waals surface area contributed by atoms with Gasteiger partial charge in [0.15, 0.2) is 0 Å². The van der Waals surface area contributed by atoms with Crippen molar-refractivity contribution in [3.05, 3.63) is 23.5 Å². The Morgan fingerprint density at radius 3 is 2.62 bits per heavy atom. The van der Waals surface area contributed by atoms with Gasteiger partial charge in [-0.1, -0.05) is 11.6 Å². The van der Waals surface area contributed by atoms with Crippen LogP contribution in [0, 0.1) is 0 Å². The molecule has 0 unspecified atom stereocenters. The number of anilines is 1. The van der Waals surface area contributed by atoms with Crippen molar-refractivity contribution in [2.24, 2.45) is 0 Å². The molecule has 1 amide bonds. The molecule has 1 aromatic heterocycles. The Labute approximate surface area is 99.1 Å². The highest BCUT2D eigenvalue weighted by atomic mass is 35.5. The van der Waals surface area contributed by atoms with E-state index in [1.807, 2.05) is 0 Å². The number of pyridine rings is 1. The number of amides is 1. The lowest BCUT2D eigenvalue weighted by molar-refractivity contribution is 0.0541. The minimum Gasteiger partial charge on any atom is -0.443 e. The Morgan fingerprint density at radius 1 is 1.44 bits per heavy atom. The molecule has 0 saturated heterocycles. The minimum absolute atomic E-state index is 0.391. The molecule has 88 valence electrons. The predicted octanol–water partition coefficient (Wildman–Crippen LogP) is 2.59. The first kappa shape index (κ1) is 12.6. The summed E-state index contributed by atoms with van der Waals surface area (Å²) in [6, 6.07) is 3.30. The number of carbonyl (C=O) groups excluding carboxylic acids is 1. The second-order valence-corrected chi connectivity index (χ2v) is 4.51. The molecule has 0 aliphatic heterocycles. The molecule has 5 nitrogen and oxygen atoms in total. The Kier molecular flexibility index (Phi) is 3.95. The lowest BCUT2D eigenvalue weighted by atomic mass is 10.2. The Bertz CT molecular complexity index is 359. The minimum atomic E-state index is -0.553. The van der Waals surface area contributed by atoms with Crippen LogP contribution in [0.15, 0.2) is 18.3 Å². The summed E-state index contributed by atoms with van der Waals surface area (Å²) in [6.45, 7) is 5.36. The van der Waals surface area contributed by atoms with E-state index in [4.69, 9.17) is 16.3 Å². The van der Waals surface area contributed by atoms with E-state index in [-0.39, 0.29) is 0 Å². The van der Waals surface area contributed by atoms with Gasteiger partial charge in [0.05, 0.1) is 11.9 Å². The summed E-state index contributed by atoms with van der Waals surface area (Å²) in [5.74, 6) is 0. The molecule has 0 aliphatic rings. The highest BCUT2D eigenvalue weighted by Gasteiger charge is 2.15.